The van der Waals surface area contributed by atoms with Gasteiger partial charge in [-0.25, -0.2) is 9.37 Å². The number of aromatic nitrogens is 1. The summed E-state index contributed by atoms with van der Waals surface area (Å²) in [6, 6.07) is 4.66. The molecule has 2 heterocycles. The lowest BCUT2D eigenvalue weighted by molar-refractivity contribution is -0.118. The normalized spacial score (nSPS) is 24.4. The molecule has 1 saturated heterocycles. The first kappa shape index (κ1) is 20.5. The molecule has 25 heavy (non-hydrogen) atoms. The van der Waals surface area contributed by atoms with Gasteiger partial charge in [0.2, 0.25) is 5.91 Å². The van der Waals surface area contributed by atoms with Crippen molar-refractivity contribution >= 4 is 36.0 Å². The van der Waals surface area contributed by atoms with Crippen LogP contribution in [0, 0.1) is 0 Å². The highest BCUT2D eigenvalue weighted by Crippen LogP contribution is 2.38. The molecule has 8 heteroatoms. The lowest BCUT2D eigenvalue weighted by atomic mass is 10.0. The molecule has 1 aromatic rings. The number of nitrogens with zero attached hydrogens (tertiary/aromatic N) is 1. The van der Waals surface area contributed by atoms with E-state index >= 15 is 4.39 Å². The first-order valence-electron chi connectivity index (χ1n) is 8.42. The lowest BCUT2D eigenvalue weighted by Gasteiger charge is -2.37. The Kier molecular flexibility index (Phi) is 6.08. The molecule has 0 aromatic carbocycles. The van der Waals surface area contributed by atoms with E-state index in [1.165, 1.54) is 0 Å². The van der Waals surface area contributed by atoms with Gasteiger partial charge >= 0.3 is 0 Å². The standard InChI is InChI=1S/C17H27BrFN3O2Si/c1-16(2,3)25(4,5)24-11-17(19)9-12(20-10-17)15(23)22-14-8-6-7-13(18)21-14/h6-8,12,20H,9-11H2,1-5H3,(H,21,22,23). The number of anilines is 1. The van der Waals surface area contributed by atoms with E-state index in [9.17, 15) is 4.79 Å². The fraction of sp³-hybridized carbons (Fsp3) is 0.647. The molecular weight excluding hydrogens is 405 g/mol. The van der Waals surface area contributed by atoms with Crippen LogP contribution in [0.5, 0.6) is 0 Å². The molecule has 1 aliphatic heterocycles. The van der Waals surface area contributed by atoms with Crippen molar-refractivity contribution in [3.05, 3.63) is 22.8 Å². The van der Waals surface area contributed by atoms with Crippen LogP contribution in [-0.4, -0.2) is 44.1 Å². The maximum atomic E-state index is 15.1. The van der Waals surface area contributed by atoms with E-state index in [4.69, 9.17) is 4.43 Å². The van der Waals surface area contributed by atoms with Crippen LogP contribution < -0.4 is 10.6 Å². The Labute approximate surface area is 158 Å². The summed E-state index contributed by atoms with van der Waals surface area (Å²) >= 11 is 3.26. The minimum absolute atomic E-state index is 0.0232. The van der Waals surface area contributed by atoms with E-state index in [0.29, 0.717) is 10.4 Å². The molecule has 0 radical (unpaired) electrons. The highest BCUT2D eigenvalue weighted by molar-refractivity contribution is 9.10. The van der Waals surface area contributed by atoms with Crippen molar-refractivity contribution in [3.63, 3.8) is 0 Å². The number of nitrogens with one attached hydrogen (secondary N) is 2. The molecule has 1 aromatic heterocycles. The fourth-order valence-corrected chi connectivity index (χ4v) is 3.73. The number of hydrogen-bond donors (Lipinski definition) is 2. The Bertz CT molecular complexity index is 639. The molecule has 0 bridgehead atoms. The number of pyridine rings is 1. The first-order chi connectivity index (χ1) is 11.4. The maximum Gasteiger partial charge on any atom is 0.242 e. The zero-order chi connectivity index (χ0) is 18.9. The molecule has 0 aliphatic carbocycles. The molecule has 0 saturated carbocycles. The predicted molar refractivity (Wildman–Crippen MR) is 104 cm³/mol. The van der Waals surface area contributed by atoms with Crippen LogP contribution in [-0.2, 0) is 9.22 Å². The van der Waals surface area contributed by atoms with E-state index in [-0.39, 0.29) is 30.5 Å². The zero-order valence-corrected chi connectivity index (χ0v) is 18.0. The summed E-state index contributed by atoms with van der Waals surface area (Å²) in [7, 11) is -2.02. The SMILES string of the molecule is CC(C)(C)[Si](C)(C)OCC1(F)CNC(C(=O)Nc2cccc(Br)n2)C1. The minimum Gasteiger partial charge on any atom is -0.414 e. The van der Waals surface area contributed by atoms with Gasteiger partial charge in [0.05, 0.1) is 12.6 Å². The molecule has 2 unspecified atom stereocenters. The Morgan fingerprint density at radius 2 is 2.20 bits per heavy atom. The Balaban J connectivity index is 1.92. The number of carbonyl (C=O) groups excluding carboxylic acids is 1. The van der Waals surface area contributed by atoms with Crippen molar-refractivity contribution in [1.29, 1.82) is 0 Å². The largest absolute Gasteiger partial charge is 0.414 e. The third-order valence-electron chi connectivity index (χ3n) is 5.02. The number of amides is 1. The third-order valence-corrected chi connectivity index (χ3v) is 9.94. The van der Waals surface area contributed by atoms with Gasteiger partial charge < -0.3 is 15.1 Å². The van der Waals surface area contributed by atoms with Crippen molar-refractivity contribution in [1.82, 2.24) is 10.3 Å². The molecule has 1 aliphatic rings. The average Bonchev–Trinajstić information content (AvgIpc) is 2.88. The molecule has 0 spiro atoms. The van der Waals surface area contributed by atoms with Gasteiger partial charge in [-0.05, 0) is 46.2 Å². The van der Waals surface area contributed by atoms with Crippen LogP contribution >= 0.6 is 15.9 Å². The van der Waals surface area contributed by atoms with Crippen LogP contribution in [0.2, 0.25) is 18.1 Å². The van der Waals surface area contributed by atoms with Crippen LogP contribution in [0.3, 0.4) is 0 Å². The van der Waals surface area contributed by atoms with E-state index in [2.05, 4.69) is 65.4 Å². The second kappa shape index (κ2) is 7.42. The molecule has 2 rings (SSSR count). The third kappa shape index (κ3) is 5.32. The van der Waals surface area contributed by atoms with E-state index in [1.54, 1.807) is 18.2 Å². The summed E-state index contributed by atoms with van der Waals surface area (Å²) < 4.78 is 21.7. The van der Waals surface area contributed by atoms with Gasteiger partial charge in [0.1, 0.15) is 16.1 Å². The van der Waals surface area contributed by atoms with Crippen molar-refractivity contribution in [3.8, 4) is 0 Å². The number of carbonyl (C=O) groups is 1. The fourth-order valence-electron chi connectivity index (χ4n) is 2.33. The Morgan fingerprint density at radius 1 is 1.52 bits per heavy atom. The smallest absolute Gasteiger partial charge is 0.242 e. The van der Waals surface area contributed by atoms with Crippen LogP contribution in [0.1, 0.15) is 27.2 Å². The number of rotatable bonds is 5. The second-order valence-corrected chi connectivity index (χ2v) is 13.8. The average molecular weight is 432 g/mol. The zero-order valence-electron chi connectivity index (χ0n) is 15.5. The van der Waals surface area contributed by atoms with Crippen molar-refractivity contribution < 1.29 is 13.6 Å². The quantitative estimate of drug-likeness (QED) is 0.548. The Morgan fingerprint density at radius 3 is 2.80 bits per heavy atom. The van der Waals surface area contributed by atoms with E-state index < -0.39 is 20.0 Å². The summed E-state index contributed by atoms with van der Waals surface area (Å²) in [5.74, 6) is 0.160. The molecular formula is C17H27BrFN3O2Si. The molecule has 2 N–H and O–H groups in total. The number of alkyl halides is 1. The van der Waals surface area contributed by atoms with Gasteiger partial charge in [0.25, 0.3) is 0 Å². The molecule has 1 amide bonds. The van der Waals surface area contributed by atoms with Gasteiger partial charge in [0, 0.05) is 13.0 Å². The van der Waals surface area contributed by atoms with Crippen LogP contribution in [0.25, 0.3) is 0 Å². The highest BCUT2D eigenvalue weighted by Gasteiger charge is 2.45. The number of halogens is 2. The summed E-state index contributed by atoms with van der Waals surface area (Å²) in [4.78, 5) is 16.5. The summed E-state index contributed by atoms with van der Waals surface area (Å²) in [6.07, 6.45) is 0.0987. The van der Waals surface area contributed by atoms with Crippen LogP contribution in [0.15, 0.2) is 22.8 Å². The second-order valence-electron chi connectivity index (χ2n) is 8.17. The predicted octanol–water partition coefficient (Wildman–Crippen LogP) is 3.87. The molecule has 2 atom stereocenters. The maximum absolute atomic E-state index is 15.1. The molecule has 140 valence electrons. The van der Waals surface area contributed by atoms with Gasteiger partial charge in [-0.3, -0.25) is 4.79 Å². The van der Waals surface area contributed by atoms with Gasteiger partial charge in [0.15, 0.2) is 8.32 Å². The van der Waals surface area contributed by atoms with Gasteiger partial charge in [-0.15, -0.1) is 0 Å². The lowest BCUT2D eigenvalue weighted by Crippen LogP contribution is -2.45. The van der Waals surface area contributed by atoms with Crippen LogP contribution in [0.4, 0.5) is 10.2 Å². The highest BCUT2D eigenvalue weighted by atomic mass is 79.9. The summed E-state index contributed by atoms with van der Waals surface area (Å²) in [5, 5.41) is 5.71. The van der Waals surface area contributed by atoms with Crippen molar-refractivity contribution in [2.75, 3.05) is 18.5 Å². The van der Waals surface area contributed by atoms with Gasteiger partial charge in [-0.2, -0.15) is 0 Å². The number of hydrogen-bond acceptors (Lipinski definition) is 4. The van der Waals surface area contributed by atoms with E-state index in [1.807, 2.05) is 0 Å². The van der Waals surface area contributed by atoms with Crippen molar-refractivity contribution in [2.24, 2.45) is 0 Å². The minimum atomic E-state index is -2.02. The van der Waals surface area contributed by atoms with Gasteiger partial charge in [-0.1, -0.05) is 26.8 Å². The molecule has 1 fully saturated rings. The summed E-state index contributed by atoms with van der Waals surface area (Å²) in [5.41, 5.74) is -1.53. The summed E-state index contributed by atoms with van der Waals surface area (Å²) in [6.45, 7) is 10.7. The monoisotopic (exact) mass is 431 g/mol. The molecule has 5 nitrogen and oxygen atoms in total. The Hall–Kier alpha value is -0.833. The first-order valence-corrected chi connectivity index (χ1v) is 12.1. The van der Waals surface area contributed by atoms with Crippen molar-refractivity contribution in [2.45, 2.75) is 57.0 Å². The topological polar surface area (TPSA) is 63.2 Å². The van der Waals surface area contributed by atoms with E-state index in [0.717, 1.165) is 0 Å².